The summed E-state index contributed by atoms with van der Waals surface area (Å²) in [5.74, 6) is 1.54. The first kappa shape index (κ1) is 21.6. The Hall–Kier alpha value is -1.97. The third-order valence-electron chi connectivity index (χ3n) is 10.9. The van der Waals surface area contributed by atoms with Crippen LogP contribution in [0.3, 0.4) is 0 Å². The van der Waals surface area contributed by atoms with Crippen molar-refractivity contribution in [3.63, 3.8) is 0 Å². The van der Waals surface area contributed by atoms with E-state index in [-0.39, 0.29) is 34.3 Å². The van der Waals surface area contributed by atoms with Crippen molar-refractivity contribution in [2.24, 2.45) is 16.7 Å². The Kier molecular flexibility index (Phi) is 4.03. The number of rotatable bonds is 3. The highest BCUT2D eigenvalue weighted by molar-refractivity contribution is 5.63. The summed E-state index contributed by atoms with van der Waals surface area (Å²) in [6.07, 6.45) is 6.68. The Labute approximate surface area is 196 Å². The molecular weight excluding hydrogens is 416 g/mol. The number of hydrogen-bond acceptors (Lipinski definition) is 6. The number of benzene rings is 1. The van der Waals surface area contributed by atoms with Gasteiger partial charge in [-0.1, -0.05) is 26.8 Å². The van der Waals surface area contributed by atoms with Crippen LogP contribution < -0.4 is 9.47 Å². The summed E-state index contributed by atoms with van der Waals surface area (Å²) in [5, 5.41) is 22.2. The van der Waals surface area contributed by atoms with Crippen LogP contribution in [-0.2, 0) is 16.6 Å². The molecule has 6 nitrogen and oxygen atoms in total. The van der Waals surface area contributed by atoms with Crippen LogP contribution in [0.25, 0.3) is 0 Å². The van der Waals surface area contributed by atoms with E-state index >= 15 is 0 Å². The van der Waals surface area contributed by atoms with Gasteiger partial charge in [-0.25, -0.2) is 0 Å². The monoisotopic (exact) mass is 452 g/mol. The van der Waals surface area contributed by atoms with Crippen molar-refractivity contribution < 1.29 is 19.3 Å². The fraction of sp³-hybridized carbons (Fsp3) is 0.741. The van der Waals surface area contributed by atoms with Crippen molar-refractivity contribution >= 4 is 0 Å². The molecule has 2 aliphatic heterocycles. The highest BCUT2D eigenvalue weighted by atomic mass is 16.6. The molecule has 1 aromatic rings. The molecule has 178 valence electrons. The molecule has 6 aliphatic rings. The topological polar surface area (TPSA) is 75.0 Å². The molecule has 0 aromatic heterocycles. The Morgan fingerprint density at radius 2 is 1.94 bits per heavy atom. The fourth-order valence-electron chi connectivity index (χ4n) is 8.91. The van der Waals surface area contributed by atoms with E-state index in [1.54, 1.807) is 14.2 Å². The standard InChI is InChI=1S/C27H36N2O4/c1-23(2,3)24(4,30)18-14-25-9-10-27(18,32-6)22-26(25)11-12-29(15-28)19(25)13-16-7-8-17(31-5)21(33-22)20(16)26/h7-8,18-19,22,30H,9-14H2,1-6H3/t18?,19-,22?,24+,25+,26+,27?/m1/s1. The summed E-state index contributed by atoms with van der Waals surface area (Å²) in [7, 11) is 3.50. The van der Waals surface area contributed by atoms with Gasteiger partial charge in [-0.05, 0) is 56.1 Å². The van der Waals surface area contributed by atoms with Gasteiger partial charge in [-0.2, -0.15) is 5.26 Å². The van der Waals surface area contributed by atoms with Crippen molar-refractivity contribution in [2.45, 2.75) is 88.6 Å². The van der Waals surface area contributed by atoms with Gasteiger partial charge in [0.05, 0.1) is 12.7 Å². The van der Waals surface area contributed by atoms with Crippen LogP contribution in [0.2, 0.25) is 0 Å². The molecule has 2 spiro atoms. The molecule has 3 saturated carbocycles. The van der Waals surface area contributed by atoms with Gasteiger partial charge in [0.15, 0.2) is 17.7 Å². The van der Waals surface area contributed by atoms with Crippen molar-refractivity contribution in [3.8, 4) is 17.7 Å². The number of hydrogen-bond donors (Lipinski definition) is 1. The molecule has 6 heteroatoms. The number of methoxy groups -OCH3 is 2. The highest BCUT2D eigenvalue weighted by Crippen LogP contribution is 2.77. The van der Waals surface area contributed by atoms with Crippen LogP contribution in [0.4, 0.5) is 0 Å². The number of fused-ring (bicyclic) bond motifs is 2. The van der Waals surface area contributed by atoms with E-state index in [0.717, 1.165) is 50.1 Å². The minimum Gasteiger partial charge on any atom is -0.493 e. The third-order valence-corrected chi connectivity index (χ3v) is 10.9. The van der Waals surface area contributed by atoms with E-state index < -0.39 is 11.2 Å². The normalized spacial score (nSPS) is 41.6. The molecule has 7 rings (SSSR count). The smallest absolute Gasteiger partial charge is 0.179 e. The van der Waals surface area contributed by atoms with E-state index in [2.05, 4.69) is 33.0 Å². The van der Waals surface area contributed by atoms with E-state index in [4.69, 9.17) is 14.2 Å². The Morgan fingerprint density at radius 1 is 1.18 bits per heavy atom. The van der Waals surface area contributed by atoms with Crippen molar-refractivity contribution in [3.05, 3.63) is 23.3 Å². The number of aliphatic hydroxyl groups is 1. The van der Waals surface area contributed by atoms with E-state index in [1.165, 1.54) is 11.1 Å². The Bertz CT molecular complexity index is 1070. The molecule has 1 saturated heterocycles. The maximum Gasteiger partial charge on any atom is 0.179 e. The van der Waals surface area contributed by atoms with Gasteiger partial charge in [-0.3, -0.25) is 0 Å². The lowest BCUT2D eigenvalue weighted by molar-refractivity contribution is -0.309. The molecule has 33 heavy (non-hydrogen) atoms. The summed E-state index contributed by atoms with van der Waals surface area (Å²) in [6.45, 7) is 9.05. The quantitative estimate of drug-likeness (QED) is 0.704. The second-order valence-electron chi connectivity index (χ2n) is 12.3. The first-order chi connectivity index (χ1) is 15.5. The van der Waals surface area contributed by atoms with Crippen LogP contribution in [0.15, 0.2) is 12.1 Å². The lowest BCUT2D eigenvalue weighted by Gasteiger charge is -2.75. The number of ether oxygens (including phenoxy) is 3. The zero-order valence-corrected chi connectivity index (χ0v) is 20.7. The van der Waals surface area contributed by atoms with Gasteiger partial charge in [0.1, 0.15) is 11.7 Å². The van der Waals surface area contributed by atoms with Crippen molar-refractivity contribution in [1.82, 2.24) is 4.90 Å². The lowest BCUT2D eigenvalue weighted by atomic mass is 9.33. The number of nitriles is 1. The van der Waals surface area contributed by atoms with Gasteiger partial charge < -0.3 is 24.2 Å². The molecule has 4 aliphatic carbocycles. The second-order valence-corrected chi connectivity index (χ2v) is 12.3. The van der Waals surface area contributed by atoms with Gasteiger partial charge >= 0.3 is 0 Å². The van der Waals surface area contributed by atoms with Crippen LogP contribution in [0.1, 0.15) is 64.5 Å². The SMILES string of the molecule is COc1ccc2c3c1OC1C4(OC)CC[C@]5(CC4[C@](C)(O)C(C)(C)C)[C@@H](C2)N(C#N)CC[C@]315. The van der Waals surface area contributed by atoms with E-state index in [0.29, 0.717) is 0 Å². The molecular formula is C27H36N2O4. The third kappa shape index (κ3) is 2.10. The van der Waals surface area contributed by atoms with E-state index in [9.17, 15) is 10.4 Å². The molecule has 4 fully saturated rings. The van der Waals surface area contributed by atoms with Crippen molar-refractivity contribution in [2.75, 3.05) is 20.8 Å². The summed E-state index contributed by atoms with van der Waals surface area (Å²) in [5.41, 5.74) is 0.315. The zero-order chi connectivity index (χ0) is 23.6. The van der Waals surface area contributed by atoms with Crippen LogP contribution >= 0.6 is 0 Å². The number of nitrogens with zero attached hydrogens (tertiary/aromatic N) is 2. The first-order valence-electron chi connectivity index (χ1n) is 12.3. The van der Waals surface area contributed by atoms with Gasteiger partial charge in [-0.15, -0.1) is 0 Å². The number of piperidine rings is 1. The largest absolute Gasteiger partial charge is 0.493 e. The molecule has 0 amide bonds. The van der Waals surface area contributed by atoms with Crippen LogP contribution in [0, 0.1) is 28.2 Å². The summed E-state index contributed by atoms with van der Waals surface area (Å²) < 4.78 is 19.3. The average molecular weight is 453 g/mol. The molecule has 2 heterocycles. The van der Waals surface area contributed by atoms with Gasteiger partial charge in [0.2, 0.25) is 0 Å². The summed E-state index contributed by atoms with van der Waals surface area (Å²) >= 11 is 0. The maximum atomic E-state index is 12.1. The molecule has 7 atom stereocenters. The lowest BCUT2D eigenvalue weighted by Crippen LogP contribution is -2.83. The van der Waals surface area contributed by atoms with Crippen LogP contribution in [0.5, 0.6) is 11.5 Å². The zero-order valence-electron chi connectivity index (χ0n) is 20.7. The highest BCUT2D eigenvalue weighted by Gasteiger charge is 2.82. The predicted molar refractivity (Wildman–Crippen MR) is 123 cm³/mol. The van der Waals surface area contributed by atoms with Gasteiger partial charge in [0.25, 0.3) is 0 Å². The van der Waals surface area contributed by atoms with E-state index in [1.807, 2.05) is 17.9 Å². The second kappa shape index (κ2) is 6.17. The average Bonchev–Trinajstić information content (AvgIpc) is 3.15. The molecule has 1 N–H and O–H groups in total. The molecule has 1 aromatic carbocycles. The summed E-state index contributed by atoms with van der Waals surface area (Å²) in [4.78, 5) is 2.03. The summed E-state index contributed by atoms with van der Waals surface area (Å²) in [6, 6.07) is 4.30. The molecule has 4 bridgehead atoms. The first-order valence-corrected chi connectivity index (χ1v) is 12.3. The Balaban J connectivity index is 1.66. The molecule has 3 unspecified atom stereocenters. The minimum atomic E-state index is -0.966. The molecule has 0 radical (unpaired) electrons. The number of likely N-dealkylation sites (tertiary alicyclic amines) is 1. The predicted octanol–water partition coefficient (Wildman–Crippen LogP) is 3.79. The van der Waals surface area contributed by atoms with Crippen LogP contribution in [-0.4, -0.2) is 54.1 Å². The van der Waals surface area contributed by atoms with Gasteiger partial charge in [0, 0.05) is 42.0 Å². The minimum absolute atomic E-state index is 0.107. The maximum absolute atomic E-state index is 12.1. The van der Waals surface area contributed by atoms with Crippen molar-refractivity contribution in [1.29, 1.82) is 5.26 Å². The fourth-order valence-corrected chi connectivity index (χ4v) is 8.91. The Morgan fingerprint density at radius 3 is 2.58 bits per heavy atom.